The lowest BCUT2D eigenvalue weighted by Gasteiger charge is -2.25. The zero-order valence-electron chi connectivity index (χ0n) is 24.9. The molecule has 2 aromatic carbocycles. The van der Waals surface area contributed by atoms with Crippen LogP contribution in [-0.4, -0.2) is 58.6 Å². The molecular weight excluding hydrogens is 538 g/mol. The van der Waals surface area contributed by atoms with Gasteiger partial charge in [0.05, 0.1) is 17.8 Å². The van der Waals surface area contributed by atoms with Gasteiger partial charge < -0.3 is 20.6 Å². The second-order valence-electron chi connectivity index (χ2n) is 10.6. The van der Waals surface area contributed by atoms with Crippen LogP contribution in [0.4, 0.5) is 8.78 Å². The minimum atomic E-state index is -1.09. The van der Waals surface area contributed by atoms with Crippen LogP contribution in [0.1, 0.15) is 76.7 Å². The highest BCUT2D eigenvalue weighted by molar-refractivity contribution is 6.00. The van der Waals surface area contributed by atoms with E-state index in [2.05, 4.69) is 22.5 Å². The number of amides is 2. The zero-order valence-corrected chi connectivity index (χ0v) is 24.9. The third kappa shape index (κ3) is 9.70. The Morgan fingerprint density at radius 1 is 0.929 bits per heavy atom. The van der Waals surface area contributed by atoms with Crippen LogP contribution < -0.4 is 10.6 Å². The van der Waals surface area contributed by atoms with E-state index in [1.165, 1.54) is 12.1 Å². The molecule has 9 heteroatoms. The fourth-order valence-corrected chi connectivity index (χ4v) is 4.93. The first kappa shape index (κ1) is 32.8. The normalized spacial score (nSPS) is 12.5. The summed E-state index contributed by atoms with van der Waals surface area (Å²) in [5.74, 6) is -2.12. The van der Waals surface area contributed by atoms with Gasteiger partial charge in [0.15, 0.2) is 0 Å². The third-order valence-electron chi connectivity index (χ3n) is 6.97. The Balaban J connectivity index is 1.80. The molecule has 0 saturated carbocycles. The summed E-state index contributed by atoms with van der Waals surface area (Å²) >= 11 is 0. The molecule has 3 N–H and O–H groups in total. The van der Waals surface area contributed by atoms with Crippen LogP contribution in [-0.2, 0) is 19.4 Å². The topological polar surface area (TPSA) is 94.6 Å². The van der Waals surface area contributed by atoms with E-state index >= 15 is 0 Å². The predicted molar refractivity (Wildman–Crippen MR) is 160 cm³/mol. The van der Waals surface area contributed by atoms with Crippen molar-refractivity contribution in [2.24, 2.45) is 0 Å². The number of aryl methyl sites for hydroxylation is 2. The van der Waals surface area contributed by atoms with Crippen LogP contribution in [0.15, 0.2) is 54.7 Å². The number of hydrogen-bond acceptors (Lipinski definition) is 5. The lowest BCUT2D eigenvalue weighted by molar-refractivity contribution is 0.0755. The average Bonchev–Trinajstić information content (AvgIpc) is 2.95. The van der Waals surface area contributed by atoms with E-state index in [4.69, 9.17) is 0 Å². The second-order valence-corrected chi connectivity index (χ2v) is 10.6. The molecule has 7 nitrogen and oxygen atoms in total. The highest BCUT2D eigenvalue weighted by Gasteiger charge is 2.24. The van der Waals surface area contributed by atoms with Crippen molar-refractivity contribution < 1.29 is 23.5 Å². The number of carbonyl (C=O) groups is 2. The standard InChI is InChI=1S/C33H42F2N4O3/c1-5-10-39(11-6-2)33(42)26-13-22(4)12-25(18-26)32(41)38-30(17-24-14-27(34)19-28(35)15-24)31(40)21-36-20-29-16-23(7-3)8-9-37-29/h8-9,12-16,18-19,30-31,36,40H,5-7,10-11,17,20-21H2,1-4H3,(H,38,41)/t30-,31+/m1/s1. The summed E-state index contributed by atoms with van der Waals surface area (Å²) in [6.07, 6.45) is 3.14. The van der Waals surface area contributed by atoms with Gasteiger partial charge in [0, 0.05) is 49.6 Å². The number of carbonyl (C=O) groups excluding carboxylic acids is 2. The second kappa shape index (κ2) is 16.1. The first-order valence-corrected chi connectivity index (χ1v) is 14.6. The van der Waals surface area contributed by atoms with Crippen LogP contribution in [0.2, 0.25) is 0 Å². The van der Waals surface area contributed by atoms with E-state index in [1.807, 2.05) is 32.9 Å². The molecule has 3 aromatic rings. The van der Waals surface area contributed by atoms with Gasteiger partial charge in [-0.3, -0.25) is 14.6 Å². The Labute approximate surface area is 247 Å². The smallest absolute Gasteiger partial charge is 0.253 e. The maximum absolute atomic E-state index is 14.0. The number of benzene rings is 2. The molecule has 1 aromatic heterocycles. The molecule has 0 unspecified atom stereocenters. The molecule has 0 spiro atoms. The van der Waals surface area contributed by atoms with Gasteiger partial charge in [0.2, 0.25) is 0 Å². The lowest BCUT2D eigenvalue weighted by Crippen LogP contribution is -2.48. The van der Waals surface area contributed by atoms with Crippen molar-refractivity contribution in [2.45, 2.75) is 72.1 Å². The summed E-state index contributed by atoms with van der Waals surface area (Å²) in [4.78, 5) is 32.8. The summed E-state index contributed by atoms with van der Waals surface area (Å²) in [6.45, 7) is 9.61. The quantitative estimate of drug-likeness (QED) is 0.236. The van der Waals surface area contributed by atoms with Crippen LogP contribution in [0.3, 0.4) is 0 Å². The zero-order chi connectivity index (χ0) is 30.6. The third-order valence-corrected chi connectivity index (χ3v) is 6.97. The largest absolute Gasteiger partial charge is 0.390 e. The van der Waals surface area contributed by atoms with E-state index in [0.717, 1.165) is 42.1 Å². The monoisotopic (exact) mass is 580 g/mol. The van der Waals surface area contributed by atoms with Crippen molar-refractivity contribution in [1.82, 2.24) is 20.5 Å². The minimum absolute atomic E-state index is 0.00871. The minimum Gasteiger partial charge on any atom is -0.390 e. The molecule has 0 aliphatic carbocycles. The van der Waals surface area contributed by atoms with E-state index in [-0.39, 0.29) is 24.4 Å². The molecule has 2 amide bonds. The molecule has 0 aliphatic rings. The van der Waals surface area contributed by atoms with Gasteiger partial charge >= 0.3 is 0 Å². The molecule has 0 aliphatic heterocycles. The summed E-state index contributed by atoms with van der Waals surface area (Å²) < 4.78 is 27.9. The SMILES string of the molecule is CCCN(CCC)C(=O)c1cc(C)cc(C(=O)N[C@H](Cc2cc(F)cc(F)c2)[C@@H](O)CNCc2cc(CC)ccn2)c1. The van der Waals surface area contributed by atoms with Crippen molar-refractivity contribution in [3.8, 4) is 0 Å². The fourth-order valence-electron chi connectivity index (χ4n) is 4.93. The van der Waals surface area contributed by atoms with Gasteiger partial charge in [-0.05, 0) is 91.8 Å². The Kier molecular flexibility index (Phi) is 12.6. The van der Waals surface area contributed by atoms with Gasteiger partial charge in [0.25, 0.3) is 11.8 Å². The van der Waals surface area contributed by atoms with Crippen molar-refractivity contribution >= 4 is 11.8 Å². The van der Waals surface area contributed by atoms with Crippen molar-refractivity contribution in [1.29, 1.82) is 0 Å². The Bertz CT molecular complexity index is 1320. The first-order chi connectivity index (χ1) is 20.1. The summed E-state index contributed by atoms with van der Waals surface area (Å²) in [7, 11) is 0. The first-order valence-electron chi connectivity index (χ1n) is 14.6. The van der Waals surface area contributed by atoms with E-state index in [9.17, 15) is 23.5 Å². The predicted octanol–water partition coefficient (Wildman–Crippen LogP) is 4.98. The van der Waals surface area contributed by atoms with Crippen LogP contribution in [0, 0.1) is 18.6 Å². The number of nitrogens with zero attached hydrogens (tertiary/aromatic N) is 2. The number of nitrogens with one attached hydrogen (secondary N) is 2. The van der Waals surface area contributed by atoms with E-state index in [0.29, 0.717) is 30.8 Å². The highest BCUT2D eigenvalue weighted by atomic mass is 19.1. The maximum Gasteiger partial charge on any atom is 0.253 e. The van der Waals surface area contributed by atoms with Gasteiger partial charge in [-0.2, -0.15) is 0 Å². The fraction of sp³-hybridized carbons (Fsp3) is 0.424. The molecule has 0 fully saturated rings. The maximum atomic E-state index is 14.0. The number of aliphatic hydroxyl groups is 1. The van der Waals surface area contributed by atoms with Gasteiger partial charge in [-0.25, -0.2) is 8.78 Å². The van der Waals surface area contributed by atoms with Crippen LogP contribution in [0.25, 0.3) is 0 Å². The molecule has 226 valence electrons. The van der Waals surface area contributed by atoms with Gasteiger partial charge in [-0.15, -0.1) is 0 Å². The molecule has 0 saturated heterocycles. The van der Waals surface area contributed by atoms with Crippen molar-refractivity contribution in [3.63, 3.8) is 0 Å². The molecule has 0 bridgehead atoms. The Hall–Kier alpha value is -3.69. The number of hydrogen-bond donors (Lipinski definition) is 3. The van der Waals surface area contributed by atoms with Gasteiger partial charge in [0.1, 0.15) is 11.6 Å². The molecular formula is C33H42F2N4O3. The van der Waals surface area contributed by atoms with Crippen LogP contribution >= 0.6 is 0 Å². The van der Waals surface area contributed by atoms with E-state index in [1.54, 1.807) is 29.3 Å². The molecule has 2 atom stereocenters. The number of pyridine rings is 1. The van der Waals surface area contributed by atoms with Gasteiger partial charge in [-0.1, -0.05) is 20.8 Å². The summed E-state index contributed by atoms with van der Waals surface area (Å²) in [6, 6.07) is 11.2. The molecule has 0 radical (unpaired) electrons. The molecule has 42 heavy (non-hydrogen) atoms. The number of aliphatic hydroxyl groups excluding tert-OH is 1. The summed E-state index contributed by atoms with van der Waals surface area (Å²) in [5, 5.41) is 17.1. The Morgan fingerprint density at radius 2 is 1.60 bits per heavy atom. The van der Waals surface area contributed by atoms with Crippen LogP contribution in [0.5, 0.6) is 0 Å². The highest BCUT2D eigenvalue weighted by Crippen LogP contribution is 2.16. The molecule has 3 rings (SSSR count). The molecule has 1 heterocycles. The number of rotatable bonds is 15. The lowest BCUT2D eigenvalue weighted by atomic mass is 9.99. The average molecular weight is 581 g/mol. The number of aromatic nitrogens is 1. The Morgan fingerprint density at radius 3 is 2.24 bits per heavy atom. The summed E-state index contributed by atoms with van der Waals surface area (Å²) in [5.41, 5.74) is 3.67. The number of halogens is 2. The van der Waals surface area contributed by atoms with Crippen molar-refractivity contribution in [2.75, 3.05) is 19.6 Å². The van der Waals surface area contributed by atoms with E-state index < -0.39 is 29.7 Å². The van der Waals surface area contributed by atoms with Crippen molar-refractivity contribution in [3.05, 3.63) is 99.9 Å².